The topological polar surface area (TPSA) is 84.9 Å². The Balaban J connectivity index is 2.02. The molecule has 0 spiro atoms. The Morgan fingerprint density at radius 3 is 2.43 bits per heavy atom. The van der Waals surface area contributed by atoms with Gasteiger partial charge in [-0.2, -0.15) is 0 Å². The molecule has 1 aliphatic heterocycles. The van der Waals surface area contributed by atoms with Gasteiger partial charge in [0.15, 0.2) is 0 Å². The summed E-state index contributed by atoms with van der Waals surface area (Å²) >= 11 is 0. The zero-order chi connectivity index (χ0) is 17.0. The van der Waals surface area contributed by atoms with Gasteiger partial charge in [-0.15, -0.1) is 0 Å². The standard InChI is InChI=1S/C16H20N2O5/c1-16(9-8-11-4-6-12(22-2)7-5-11)14(20)18(15(21)17-16)10-13(19)23-3/h4-7H,8-10H2,1-3H3,(H,17,21)/t16-/m0/s1. The van der Waals surface area contributed by atoms with Crippen LogP contribution in [0.25, 0.3) is 0 Å². The number of nitrogens with zero attached hydrogens (tertiary/aromatic N) is 1. The zero-order valence-corrected chi connectivity index (χ0v) is 13.4. The van der Waals surface area contributed by atoms with Crippen molar-refractivity contribution in [3.05, 3.63) is 29.8 Å². The Hall–Kier alpha value is -2.57. The lowest BCUT2D eigenvalue weighted by Crippen LogP contribution is -2.44. The van der Waals surface area contributed by atoms with Gasteiger partial charge in [0, 0.05) is 0 Å². The van der Waals surface area contributed by atoms with E-state index in [-0.39, 0.29) is 6.54 Å². The maximum absolute atomic E-state index is 12.4. The first-order valence-corrected chi connectivity index (χ1v) is 7.23. The summed E-state index contributed by atoms with van der Waals surface area (Å²) in [7, 11) is 2.81. The summed E-state index contributed by atoms with van der Waals surface area (Å²) in [5.74, 6) is -0.288. The lowest BCUT2D eigenvalue weighted by atomic mass is 9.93. The highest BCUT2D eigenvalue weighted by atomic mass is 16.5. The Morgan fingerprint density at radius 1 is 1.22 bits per heavy atom. The highest BCUT2D eigenvalue weighted by Crippen LogP contribution is 2.24. The van der Waals surface area contributed by atoms with Gasteiger partial charge in [0.25, 0.3) is 5.91 Å². The quantitative estimate of drug-likeness (QED) is 0.627. The fourth-order valence-electron chi connectivity index (χ4n) is 2.44. The number of methoxy groups -OCH3 is 2. The molecule has 0 aliphatic carbocycles. The van der Waals surface area contributed by atoms with E-state index in [1.165, 1.54) is 7.11 Å². The number of hydrogen-bond acceptors (Lipinski definition) is 5. The number of imide groups is 1. The van der Waals surface area contributed by atoms with Gasteiger partial charge in [-0.3, -0.25) is 14.5 Å². The first-order chi connectivity index (χ1) is 10.9. The molecule has 0 saturated carbocycles. The van der Waals surface area contributed by atoms with Gasteiger partial charge in [0.1, 0.15) is 17.8 Å². The average molecular weight is 320 g/mol. The monoisotopic (exact) mass is 320 g/mol. The number of amides is 3. The number of esters is 1. The van der Waals surface area contributed by atoms with E-state index in [0.29, 0.717) is 12.8 Å². The fourth-order valence-corrected chi connectivity index (χ4v) is 2.44. The molecule has 7 heteroatoms. The molecule has 1 aliphatic rings. The van der Waals surface area contributed by atoms with Crippen molar-refractivity contribution in [2.45, 2.75) is 25.3 Å². The van der Waals surface area contributed by atoms with Crippen LogP contribution in [-0.4, -0.2) is 49.1 Å². The number of benzene rings is 1. The molecule has 1 saturated heterocycles. The number of nitrogens with one attached hydrogen (secondary N) is 1. The number of aryl methyl sites for hydroxylation is 1. The highest BCUT2D eigenvalue weighted by molar-refractivity contribution is 6.08. The number of urea groups is 1. The van der Waals surface area contributed by atoms with Crippen molar-refractivity contribution >= 4 is 17.9 Å². The normalized spacial score (nSPS) is 20.4. The van der Waals surface area contributed by atoms with Crippen LogP contribution in [-0.2, 0) is 20.7 Å². The van der Waals surface area contributed by atoms with E-state index in [1.807, 2.05) is 24.3 Å². The van der Waals surface area contributed by atoms with Crippen molar-refractivity contribution in [3.8, 4) is 5.75 Å². The fraction of sp³-hybridized carbons (Fsp3) is 0.438. The lowest BCUT2D eigenvalue weighted by molar-refractivity contribution is -0.145. The van der Waals surface area contributed by atoms with E-state index in [4.69, 9.17) is 4.74 Å². The molecule has 1 fully saturated rings. The summed E-state index contributed by atoms with van der Waals surface area (Å²) in [5.41, 5.74) is 0.00545. The number of ether oxygens (including phenoxy) is 2. The molecule has 0 aromatic heterocycles. The van der Waals surface area contributed by atoms with Crippen molar-refractivity contribution in [1.29, 1.82) is 0 Å². The maximum atomic E-state index is 12.4. The summed E-state index contributed by atoms with van der Waals surface area (Å²) < 4.78 is 9.60. The molecule has 3 amide bonds. The molecule has 124 valence electrons. The molecule has 0 bridgehead atoms. The van der Waals surface area contributed by atoms with Crippen LogP contribution in [0.3, 0.4) is 0 Å². The third-order valence-corrected chi connectivity index (χ3v) is 3.93. The molecule has 23 heavy (non-hydrogen) atoms. The van der Waals surface area contributed by atoms with E-state index in [1.54, 1.807) is 14.0 Å². The van der Waals surface area contributed by atoms with E-state index < -0.39 is 23.4 Å². The summed E-state index contributed by atoms with van der Waals surface area (Å²) in [6.45, 7) is 1.29. The van der Waals surface area contributed by atoms with Crippen molar-refractivity contribution in [2.24, 2.45) is 0 Å². The predicted molar refractivity (Wildman–Crippen MR) is 82.0 cm³/mol. The molecule has 0 radical (unpaired) electrons. The Labute approximate surface area is 134 Å². The number of rotatable bonds is 6. The Morgan fingerprint density at radius 2 is 1.87 bits per heavy atom. The van der Waals surface area contributed by atoms with E-state index in [9.17, 15) is 14.4 Å². The summed E-state index contributed by atoms with van der Waals surface area (Å²) in [4.78, 5) is 36.5. The third kappa shape index (κ3) is 3.61. The van der Waals surface area contributed by atoms with Crippen LogP contribution in [0.1, 0.15) is 18.9 Å². The number of carbonyl (C=O) groups is 3. The van der Waals surface area contributed by atoms with Gasteiger partial charge < -0.3 is 14.8 Å². The van der Waals surface area contributed by atoms with Crippen LogP contribution >= 0.6 is 0 Å². The first-order valence-electron chi connectivity index (χ1n) is 7.23. The van der Waals surface area contributed by atoms with Gasteiger partial charge in [0.05, 0.1) is 14.2 Å². The van der Waals surface area contributed by atoms with Gasteiger partial charge >= 0.3 is 12.0 Å². The Bertz CT molecular complexity index is 613. The van der Waals surface area contributed by atoms with Crippen molar-refractivity contribution in [2.75, 3.05) is 20.8 Å². The second-order valence-corrected chi connectivity index (χ2v) is 5.58. The van der Waals surface area contributed by atoms with E-state index >= 15 is 0 Å². The van der Waals surface area contributed by atoms with Crippen LogP contribution in [0.4, 0.5) is 4.79 Å². The lowest BCUT2D eigenvalue weighted by Gasteiger charge is -2.21. The van der Waals surface area contributed by atoms with Gasteiger partial charge in [-0.05, 0) is 37.5 Å². The van der Waals surface area contributed by atoms with Gasteiger partial charge in [-0.25, -0.2) is 4.79 Å². The molecule has 1 heterocycles. The molecule has 0 unspecified atom stereocenters. The van der Waals surface area contributed by atoms with Crippen molar-refractivity contribution in [1.82, 2.24) is 10.2 Å². The largest absolute Gasteiger partial charge is 0.497 e. The molecule has 1 N–H and O–H groups in total. The molecular weight excluding hydrogens is 300 g/mol. The average Bonchev–Trinajstić information content (AvgIpc) is 2.77. The first kappa shape index (κ1) is 16.8. The van der Waals surface area contributed by atoms with Crippen LogP contribution in [0.2, 0.25) is 0 Å². The zero-order valence-electron chi connectivity index (χ0n) is 13.4. The van der Waals surface area contributed by atoms with Crippen molar-refractivity contribution in [3.63, 3.8) is 0 Å². The minimum atomic E-state index is -1.02. The summed E-state index contributed by atoms with van der Waals surface area (Å²) in [5, 5.41) is 2.66. The second kappa shape index (κ2) is 6.68. The SMILES string of the molecule is COC(=O)CN1C(=O)N[C@@](C)(CCc2ccc(OC)cc2)C1=O. The predicted octanol–water partition coefficient (Wildman–Crippen LogP) is 1.11. The molecule has 1 aromatic carbocycles. The molecule has 7 nitrogen and oxygen atoms in total. The highest BCUT2D eigenvalue weighted by Gasteiger charge is 2.47. The second-order valence-electron chi connectivity index (χ2n) is 5.58. The van der Waals surface area contributed by atoms with Crippen LogP contribution in [0.15, 0.2) is 24.3 Å². The molecule has 1 aromatic rings. The van der Waals surface area contributed by atoms with Crippen molar-refractivity contribution < 1.29 is 23.9 Å². The molecular formula is C16H20N2O5. The van der Waals surface area contributed by atoms with Gasteiger partial charge in [0.2, 0.25) is 0 Å². The number of carbonyl (C=O) groups excluding carboxylic acids is 3. The summed E-state index contributed by atoms with van der Waals surface area (Å²) in [6.07, 6.45) is 1.04. The summed E-state index contributed by atoms with van der Waals surface area (Å²) in [6, 6.07) is 6.94. The number of hydrogen-bond donors (Lipinski definition) is 1. The van der Waals surface area contributed by atoms with Gasteiger partial charge in [-0.1, -0.05) is 12.1 Å². The molecule has 1 atom stereocenters. The van der Waals surface area contributed by atoms with Crippen LogP contribution in [0.5, 0.6) is 5.75 Å². The molecule has 2 rings (SSSR count). The smallest absolute Gasteiger partial charge is 0.325 e. The maximum Gasteiger partial charge on any atom is 0.325 e. The van der Waals surface area contributed by atoms with E-state index in [0.717, 1.165) is 16.2 Å². The minimum absolute atomic E-state index is 0.376. The van der Waals surface area contributed by atoms with Crippen LogP contribution in [0, 0.1) is 0 Å². The third-order valence-electron chi connectivity index (χ3n) is 3.93. The minimum Gasteiger partial charge on any atom is -0.497 e. The Kier molecular flexibility index (Phi) is 4.88. The van der Waals surface area contributed by atoms with Crippen LogP contribution < -0.4 is 10.1 Å². The van der Waals surface area contributed by atoms with E-state index in [2.05, 4.69) is 10.1 Å².